The maximum atomic E-state index is 2.72. The number of hydrogen-bond donors (Lipinski definition) is 0. The first-order valence-electron chi connectivity index (χ1n) is 6.55. The van der Waals surface area contributed by atoms with Gasteiger partial charge in [-0.3, -0.25) is 0 Å². The minimum Gasteiger partial charge on any atom is -0.106 e. The van der Waals surface area contributed by atoms with Gasteiger partial charge in [0.1, 0.15) is 0 Å². The standard InChI is InChI=1S/C18H13I2P/c19-15-7-10-17(18(20)11-15)14-3-1-12(2-4-14)13-5-8-16(21)9-6-13/h1-11H,21H2. The molecule has 3 rings (SSSR count). The molecule has 0 radical (unpaired) electrons. The molecule has 0 aromatic heterocycles. The van der Waals surface area contributed by atoms with E-state index >= 15 is 0 Å². The molecular formula is C18H13I2P. The Kier molecular flexibility index (Phi) is 4.97. The summed E-state index contributed by atoms with van der Waals surface area (Å²) in [7, 11) is 2.72. The van der Waals surface area contributed by atoms with Gasteiger partial charge in [0.15, 0.2) is 0 Å². The predicted molar refractivity (Wildman–Crippen MR) is 112 cm³/mol. The van der Waals surface area contributed by atoms with Crippen molar-refractivity contribution in [3.05, 3.63) is 73.9 Å². The van der Waals surface area contributed by atoms with E-state index in [1.807, 2.05) is 0 Å². The van der Waals surface area contributed by atoms with E-state index in [1.54, 1.807) is 0 Å². The van der Waals surface area contributed by atoms with Crippen molar-refractivity contribution in [3.63, 3.8) is 0 Å². The summed E-state index contributed by atoms with van der Waals surface area (Å²) in [4.78, 5) is 0. The van der Waals surface area contributed by atoms with E-state index in [0.29, 0.717) is 0 Å². The summed E-state index contributed by atoms with van der Waals surface area (Å²) >= 11 is 4.76. The average molecular weight is 514 g/mol. The quantitative estimate of drug-likeness (QED) is 0.303. The lowest BCUT2D eigenvalue weighted by Gasteiger charge is -2.07. The Morgan fingerprint density at radius 3 is 1.71 bits per heavy atom. The molecule has 1 atom stereocenters. The summed E-state index contributed by atoms with van der Waals surface area (Å²) in [5.41, 5.74) is 5.07. The summed E-state index contributed by atoms with van der Waals surface area (Å²) in [6.07, 6.45) is 0. The van der Waals surface area contributed by atoms with Crippen molar-refractivity contribution in [2.75, 3.05) is 0 Å². The highest BCUT2D eigenvalue weighted by Crippen LogP contribution is 2.29. The van der Waals surface area contributed by atoms with Crippen LogP contribution in [0.3, 0.4) is 0 Å². The second kappa shape index (κ2) is 6.76. The summed E-state index contributed by atoms with van der Waals surface area (Å²) in [6.45, 7) is 0. The van der Waals surface area contributed by atoms with Gasteiger partial charge in [0, 0.05) is 7.14 Å². The number of benzene rings is 3. The Balaban J connectivity index is 1.95. The maximum absolute atomic E-state index is 2.72. The summed E-state index contributed by atoms with van der Waals surface area (Å²) < 4.78 is 2.56. The van der Waals surface area contributed by atoms with Crippen LogP contribution >= 0.6 is 54.4 Å². The molecule has 0 bridgehead atoms. The van der Waals surface area contributed by atoms with Crippen molar-refractivity contribution < 1.29 is 0 Å². The minimum absolute atomic E-state index is 1.21. The van der Waals surface area contributed by atoms with Gasteiger partial charge in [-0.2, -0.15) is 0 Å². The Morgan fingerprint density at radius 2 is 1.14 bits per heavy atom. The number of rotatable bonds is 2. The Hall–Kier alpha value is -0.450. The molecule has 0 spiro atoms. The first-order valence-corrected chi connectivity index (χ1v) is 9.28. The van der Waals surface area contributed by atoms with Crippen LogP contribution in [0.25, 0.3) is 22.3 Å². The Morgan fingerprint density at radius 1 is 0.619 bits per heavy atom. The first-order chi connectivity index (χ1) is 10.1. The molecule has 0 fully saturated rings. The van der Waals surface area contributed by atoms with Crippen LogP contribution in [0.4, 0.5) is 0 Å². The molecule has 3 aromatic carbocycles. The van der Waals surface area contributed by atoms with E-state index < -0.39 is 0 Å². The van der Waals surface area contributed by atoms with Crippen LogP contribution in [0.5, 0.6) is 0 Å². The lowest BCUT2D eigenvalue weighted by molar-refractivity contribution is 1.54. The molecule has 0 nitrogen and oxygen atoms in total. The molecule has 3 heteroatoms. The monoisotopic (exact) mass is 514 g/mol. The highest BCUT2D eigenvalue weighted by Gasteiger charge is 2.04. The van der Waals surface area contributed by atoms with Crippen LogP contribution in [0.2, 0.25) is 0 Å². The molecule has 0 amide bonds. The van der Waals surface area contributed by atoms with Gasteiger partial charge in [-0.25, -0.2) is 0 Å². The third-order valence-corrected chi connectivity index (χ3v) is 5.32. The highest BCUT2D eigenvalue weighted by molar-refractivity contribution is 14.1. The molecule has 104 valence electrons. The van der Waals surface area contributed by atoms with Gasteiger partial charge in [-0.05, 0) is 84.9 Å². The molecular weight excluding hydrogens is 501 g/mol. The highest BCUT2D eigenvalue weighted by atomic mass is 127. The Bertz CT molecular complexity index is 762. The third-order valence-electron chi connectivity index (χ3n) is 3.37. The van der Waals surface area contributed by atoms with Gasteiger partial charge in [-0.1, -0.05) is 54.6 Å². The molecule has 3 aromatic rings. The maximum Gasteiger partial charge on any atom is 0.0219 e. The van der Waals surface area contributed by atoms with E-state index in [2.05, 4.69) is 121 Å². The predicted octanol–water partition coefficient (Wildman–Crippen LogP) is 5.73. The lowest BCUT2D eigenvalue weighted by Crippen LogP contribution is -1.88. The van der Waals surface area contributed by atoms with E-state index in [-0.39, 0.29) is 0 Å². The van der Waals surface area contributed by atoms with Gasteiger partial charge in [0.2, 0.25) is 0 Å². The second-order valence-corrected chi connectivity index (χ2v) is 7.90. The number of hydrogen-bond acceptors (Lipinski definition) is 0. The zero-order chi connectivity index (χ0) is 14.8. The van der Waals surface area contributed by atoms with Crippen molar-refractivity contribution >= 4 is 59.7 Å². The fourth-order valence-corrected chi connectivity index (χ4v) is 4.35. The van der Waals surface area contributed by atoms with Crippen LogP contribution in [0.15, 0.2) is 66.7 Å². The van der Waals surface area contributed by atoms with Crippen LogP contribution in [0, 0.1) is 7.14 Å². The van der Waals surface area contributed by atoms with Crippen LogP contribution in [-0.4, -0.2) is 0 Å². The van der Waals surface area contributed by atoms with Gasteiger partial charge in [0.25, 0.3) is 0 Å². The smallest absolute Gasteiger partial charge is 0.0219 e. The average Bonchev–Trinajstić information content (AvgIpc) is 2.48. The van der Waals surface area contributed by atoms with Gasteiger partial charge < -0.3 is 0 Å². The van der Waals surface area contributed by atoms with Gasteiger partial charge in [0.05, 0.1) is 0 Å². The fraction of sp³-hybridized carbons (Fsp3) is 0. The summed E-state index contributed by atoms with van der Waals surface area (Å²) in [5.74, 6) is 0. The molecule has 0 aliphatic carbocycles. The topological polar surface area (TPSA) is 0 Å². The zero-order valence-corrected chi connectivity index (χ0v) is 16.7. The lowest BCUT2D eigenvalue weighted by atomic mass is 10.0. The third kappa shape index (κ3) is 3.66. The van der Waals surface area contributed by atoms with Crippen molar-refractivity contribution in [1.29, 1.82) is 0 Å². The van der Waals surface area contributed by atoms with Crippen molar-refractivity contribution in [2.24, 2.45) is 0 Å². The molecule has 0 saturated heterocycles. The largest absolute Gasteiger partial charge is 0.106 e. The van der Waals surface area contributed by atoms with E-state index in [9.17, 15) is 0 Å². The Labute approximate surface area is 154 Å². The fourth-order valence-electron chi connectivity index (χ4n) is 2.24. The molecule has 0 aliphatic heterocycles. The van der Waals surface area contributed by atoms with Gasteiger partial charge in [-0.15, -0.1) is 9.24 Å². The second-order valence-electron chi connectivity index (χ2n) is 4.82. The van der Waals surface area contributed by atoms with Crippen molar-refractivity contribution in [3.8, 4) is 22.3 Å². The van der Waals surface area contributed by atoms with Crippen LogP contribution < -0.4 is 5.30 Å². The molecule has 1 unspecified atom stereocenters. The van der Waals surface area contributed by atoms with E-state index in [4.69, 9.17) is 0 Å². The molecule has 0 aliphatic rings. The summed E-state index contributed by atoms with van der Waals surface area (Å²) in [6, 6.07) is 23.9. The van der Waals surface area contributed by atoms with Crippen LogP contribution in [0.1, 0.15) is 0 Å². The SMILES string of the molecule is Pc1ccc(-c2ccc(-c3ccc(I)cc3I)cc2)cc1. The van der Waals surface area contributed by atoms with Crippen LogP contribution in [-0.2, 0) is 0 Å². The summed E-state index contributed by atoms with van der Waals surface area (Å²) in [5, 5.41) is 1.21. The number of halogens is 2. The van der Waals surface area contributed by atoms with Crippen molar-refractivity contribution in [1.82, 2.24) is 0 Å². The van der Waals surface area contributed by atoms with Gasteiger partial charge >= 0.3 is 0 Å². The first kappa shape index (κ1) is 15.4. The van der Waals surface area contributed by atoms with Crippen molar-refractivity contribution in [2.45, 2.75) is 0 Å². The molecule has 0 heterocycles. The van der Waals surface area contributed by atoms with E-state index in [1.165, 1.54) is 34.7 Å². The molecule has 21 heavy (non-hydrogen) atoms. The minimum atomic E-state index is 1.21. The molecule has 0 saturated carbocycles. The normalized spacial score (nSPS) is 10.6. The molecule has 0 N–H and O–H groups in total. The zero-order valence-electron chi connectivity index (χ0n) is 11.2. The van der Waals surface area contributed by atoms with E-state index in [0.717, 1.165) is 0 Å².